The second-order valence-corrected chi connectivity index (χ2v) is 6.49. The summed E-state index contributed by atoms with van der Waals surface area (Å²) in [6.07, 6.45) is 0. The van der Waals surface area contributed by atoms with Gasteiger partial charge in [-0.25, -0.2) is 0 Å². The van der Waals surface area contributed by atoms with Gasteiger partial charge in [-0.05, 0) is 50.6 Å². The summed E-state index contributed by atoms with van der Waals surface area (Å²) in [5, 5.41) is 2.95. The minimum atomic E-state index is -0.126. The number of hydrogen-bond donors (Lipinski definition) is 1. The highest BCUT2D eigenvalue weighted by Crippen LogP contribution is 2.23. The molecule has 25 heavy (non-hydrogen) atoms. The summed E-state index contributed by atoms with van der Waals surface area (Å²) in [5.74, 6) is -0.126. The predicted octanol–water partition coefficient (Wildman–Crippen LogP) is 3.34. The molecule has 2 aromatic rings. The predicted molar refractivity (Wildman–Crippen MR) is 98.9 cm³/mol. The summed E-state index contributed by atoms with van der Waals surface area (Å²) in [6.45, 7) is 9.49. The van der Waals surface area contributed by atoms with E-state index >= 15 is 0 Å². The van der Waals surface area contributed by atoms with Crippen LogP contribution in [0.3, 0.4) is 0 Å². The van der Waals surface area contributed by atoms with Crippen molar-refractivity contribution >= 4 is 11.6 Å². The summed E-state index contributed by atoms with van der Waals surface area (Å²) in [7, 11) is 0. The molecule has 3 rings (SSSR count). The number of aromatic nitrogens is 1. The van der Waals surface area contributed by atoms with Crippen molar-refractivity contribution < 1.29 is 9.53 Å². The molecule has 132 valence electrons. The smallest absolute Gasteiger partial charge is 0.257 e. The molecule has 0 bridgehead atoms. The van der Waals surface area contributed by atoms with Gasteiger partial charge in [-0.2, -0.15) is 0 Å². The van der Waals surface area contributed by atoms with Gasteiger partial charge < -0.3 is 10.1 Å². The van der Waals surface area contributed by atoms with Crippen LogP contribution in [-0.2, 0) is 4.74 Å². The van der Waals surface area contributed by atoms with E-state index in [4.69, 9.17) is 4.74 Å². The van der Waals surface area contributed by atoms with E-state index in [1.165, 1.54) is 5.56 Å². The minimum Gasteiger partial charge on any atom is -0.379 e. The van der Waals surface area contributed by atoms with Gasteiger partial charge in [-0.3, -0.25) is 14.7 Å². The second-order valence-electron chi connectivity index (χ2n) is 6.49. The van der Waals surface area contributed by atoms with Gasteiger partial charge in [0.1, 0.15) is 0 Å². The topological polar surface area (TPSA) is 54.5 Å². The number of nitrogens with zero attached hydrogens (tertiary/aromatic N) is 2. The normalized spacial score (nSPS) is 16.4. The van der Waals surface area contributed by atoms with Crippen molar-refractivity contribution in [3.8, 4) is 0 Å². The zero-order valence-electron chi connectivity index (χ0n) is 15.1. The van der Waals surface area contributed by atoms with Crippen LogP contribution in [0.5, 0.6) is 0 Å². The van der Waals surface area contributed by atoms with Crippen molar-refractivity contribution in [1.29, 1.82) is 0 Å². The number of rotatable bonds is 4. The summed E-state index contributed by atoms with van der Waals surface area (Å²) in [4.78, 5) is 19.2. The number of hydrogen-bond acceptors (Lipinski definition) is 4. The van der Waals surface area contributed by atoms with Crippen LogP contribution in [0.2, 0.25) is 0 Å². The molecule has 1 saturated heterocycles. The van der Waals surface area contributed by atoms with Gasteiger partial charge in [0.25, 0.3) is 5.91 Å². The molecule has 0 radical (unpaired) electrons. The molecule has 1 unspecified atom stereocenters. The summed E-state index contributed by atoms with van der Waals surface area (Å²) < 4.78 is 5.41. The molecule has 5 heteroatoms. The van der Waals surface area contributed by atoms with E-state index in [-0.39, 0.29) is 5.91 Å². The van der Waals surface area contributed by atoms with E-state index < -0.39 is 0 Å². The van der Waals surface area contributed by atoms with Crippen LogP contribution in [-0.4, -0.2) is 42.1 Å². The Bertz CT molecular complexity index is 737. The summed E-state index contributed by atoms with van der Waals surface area (Å²) >= 11 is 0. The molecule has 5 nitrogen and oxygen atoms in total. The Morgan fingerprint density at radius 3 is 2.44 bits per heavy atom. The maximum atomic E-state index is 12.4. The van der Waals surface area contributed by atoms with Crippen molar-refractivity contribution in [2.75, 3.05) is 31.6 Å². The van der Waals surface area contributed by atoms with E-state index in [9.17, 15) is 4.79 Å². The van der Waals surface area contributed by atoms with Crippen molar-refractivity contribution in [2.24, 2.45) is 0 Å². The molecular weight excluding hydrogens is 314 g/mol. The Morgan fingerprint density at radius 1 is 1.12 bits per heavy atom. The van der Waals surface area contributed by atoms with Crippen LogP contribution in [0.15, 0.2) is 36.4 Å². The number of morpholine rings is 1. The lowest BCUT2D eigenvalue weighted by Crippen LogP contribution is -2.37. The Hall–Kier alpha value is -2.24. The number of benzene rings is 1. The van der Waals surface area contributed by atoms with Crippen LogP contribution in [0.4, 0.5) is 5.69 Å². The van der Waals surface area contributed by atoms with Crippen LogP contribution in [0.1, 0.15) is 40.3 Å². The van der Waals surface area contributed by atoms with Gasteiger partial charge in [0.05, 0.1) is 24.5 Å². The molecule has 1 atom stereocenters. The summed E-state index contributed by atoms with van der Waals surface area (Å²) in [6, 6.07) is 12.1. The largest absolute Gasteiger partial charge is 0.379 e. The van der Waals surface area contributed by atoms with Crippen LogP contribution < -0.4 is 5.32 Å². The maximum Gasteiger partial charge on any atom is 0.257 e. The number of aryl methyl sites for hydroxylation is 2. The van der Waals surface area contributed by atoms with Crippen molar-refractivity contribution in [1.82, 2.24) is 9.88 Å². The van der Waals surface area contributed by atoms with Gasteiger partial charge in [0.2, 0.25) is 0 Å². The highest BCUT2D eigenvalue weighted by atomic mass is 16.5. The first-order chi connectivity index (χ1) is 12.0. The van der Waals surface area contributed by atoms with E-state index in [1.54, 1.807) is 0 Å². The number of carbonyl (C=O) groups is 1. The minimum absolute atomic E-state index is 0.126. The third-order valence-corrected chi connectivity index (χ3v) is 4.71. The second kappa shape index (κ2) is 7.76. The van der Waals surface area contributed by atoms with E-state index in [0.717, 1.165) is 43.4 Å². The molecule has 0 aliphatic carbocycles. The van der Waals surface area contributed by atoms with Crippen molar-refractivity contribution in [3.63, 3.8) is 0 Å². The Kier molecular flexibility index (Phi) is 5.46. The fourth-order valence-electron chi connectivity index (χ4n) is 3.15. The van der Waals surface area contributed by atoms with Crippen molar-refractivity contribution in [2.45, 2.75) is 26.8 Å². The zero-order chi connectivity index (χ0) is 17.8. The lowest BCUT2D eigenvalue weighted by atomic mass is 10.1. The fraction of sp³-hybridized carbons (Fsp3) is 0.400. The number of pyridine rings is 1. The standard InChI is InChI=1S/C20H25N3O2/c1-14-4-9-19(15(2)21-14)20(24)22-18-7-5-17(6-8-18)16(3)23-10-12-25-13-11-23/h4-9,16H,10-13H2,1-3H3,(H,22,24). The molecular formula is C20H25N3O2. The van der Waals surface area contributed by atoms with E-state index in [1.807, 2.05) is 38.1 Å². The molecule has 1 fully saturated rings. The first kappa shape index (κ1) is 17.6. The van der Waals surface area contributed by atoms with Crippen LogP contribution in [0.25, 0.3) is 0 Å². The molecule has 1 aromatic heterocycles. The third-order valence-electron chi connectivity index (χ3n) is 4.71. The molecule has 2 heterocycles. The van der Waals surface area contributed by atoms with Crippen LogP contribution >= 0.6 is 0 Å². The molecule has 1 aliphatic rings. The first-order valence-electron chi connectivity index (χ1n) is 8.72. The zero-order valence-corrected chi connectivity index (χ0v) is 15.1. The highest BCUT2D eigenvalue weighted by Gasteiger charge is 2.18. The summed E-state index contributed by atoms with van der Waals surface area (Å²) in [5.41, 5.74) is 4.30. The highest BCUT2D eigenvalue weighted by molar-refractivity contribution is 6.04. The van der Waals surface area contributed by atoms with E-state index in [0.29, 0.717) is 11.6 Å². The number of nitrogens with one attached hydrogen (secondary N) is 1. The molecule has 0 saturated carbocycles. The average molecular weight is 339 g/mol. The van der Waals surface area contributed by atoms with Gasteiger partial charge in [-0.15, -0.1) is 0 Å². The SMILES string of the molecule is Cc1ccc(C(=O)Nc2ccc(C(C)N3CCOCC3)cc2)c(C)n1. The Morgan fingerprint density at radius 2 is 1.80 bits per heavy atom. The van der Waals surface area contributed by atoms with E-state index in [2.05, 4.69) is 34.3 Å². The number of carbonyl (C=O) groups excluding carboxylic acids is 1. The Labute approximate surface area is 149 Å². The number of amides is 1. The molecule has 0 spiro atoms. The number of anilines is 1. The quantitative estimate of drug-likeness (QED) is 0.928. The first-order valence-corrected chi connectivity index (χ1v) is 8.72. The third kappa shape index (κ3) is 4.24. The lowest BCUT2D eigenvalue weighted by molar-refractivity contribution is 0.0198. The van der Waals surface area contributed by atoms with Gasteiger partial charge in [-0.1, -0.05) is 12.1 Å². The van der Waals surface area contributed by atoms with Gasteiger partial charge >= 0.3 is 0 Å². The molecule has 1 aromatic carbocycles. The molecule has 1 aliphatic heterocycles. The van der Waals surface area contributed by atoms with Crippen molar-refractivity contribution in [3.05, 3.63) is 58.9 Å². The number of ether oxygens (including phenoxy) is 1. The monoisotopic (exact) mass is 339 g/mol. The fourth-order valence-corrected chi connectivity index (χ4v) is 3.15. The molecule has 1 amide bonds. The molecule has 1 N–H and O–H groups in total. The maximum absolute atomic E-state index is 12.4. The average Bonchev–Trinajstić information content (AvgIpc) is 2.62. The van der Waals surface area contributed by atoms with Gasteiger partial charge in [0, 0.05) is 30.5 Å². The Balaban J connectivity index is 1.66. The lowest BCUT2D eigenvalue weighted by Gasteiger charge is -2.32. The van der Waals surface area contributed by atoms with Gasteiger partial charge in [0.15, 0.2) is 0 Å². The van der Waals surface area contributed by atoms with Crippen LogP contribution in [0, 0.1) is 13.8 Å².